The van der Waals surface area contributed by atoms with E-state index >= 15 is 0 Å². The van der Waals surface area contributed by atoms with E-state index in [2.05, 4.69) is 5.92 Å². The highest BCUT2D eigenvalue weighted by Crippen LogP contribution is 2.51. The van der Waals surface area contributed by atoms with Gasteiger partial charge >= 0.3 is 0 Å². The molecule has 258 valence electrons. The molecule has 1 aliphatic carbocycles. The number of phenols is 6. The maximum Gasteiger partial charge on any atom is 0.189 e. The quantitative estimate of drug-likeness (QED) is 0.0281. The molecular formula is C41H40O9. The molecule has 1 aliphatic rings. The van der Waals surface area contributed by atoms with E-state index in [0.29, 0.717) is 5.57 Å². The van der Waals surface area contributed by atoms with Crippen LogP contribution in [0.1, 0.15) is 77.4 Å². The molecule has 0 aliphatic heterocycles. The molecule has 9 heteroatoms. The molecular weight excluding hydrogens is 636 g/mol. The minimum Gasteiger partial charge on any atom is -0.513 e. The van der Waals surface area contributed by atoms with E-state index in [4.69, 9.17) is 6.42 Å². The summed E-state index contributed by atoms with van der Waals surface area (Å²) in [7, 11) is 0. The molecule has 3 aromatic carbocycles. The minimum absolute atomic E-state index is 0.0319. The van der Waals surface area contributed by atoms with Crippen molar-refractivity contribution in [1.82, 2.24) is 0 Å². The number of hydrogen-bond donors (Lipinski definition) is 7. The first-order valence-corrected chi connectivity index (χ1v) is 15.9. The van der Waals surface area contributed by atoms with Gasteiger partial charge in [-0.25, -0.2) is 0 Å². The Morgan fingerprint density at radius 2 is 1.56 bits per heavy atom. The zero-order valence-corrected chi connectivity index (χ0v) is 28.2. The molecule has 3 atom stereocenters. The molecule has 7 N–H and O–H groups in total. The molecule has 0 spiro atoms. The Morgan fingerprint density at radius 1 is 0.880 bits per heavy atom. The Morgan fingerprint density at radius 3 is 2.20 bits per heavy atom. The number of carbonyl (C=O) groups is 2. The van der Waals surface area contributed by atoms with Gasteiger partial charge in [-0.1, -0.05) is 29.2 Å². The lowest BCUT2D eigenvalue weighted by Gasteiger charge is -2.37. The van der Waals surface area contributed by atoms with Crippen molar-refractivity contribution >= 4 is 17.6 Å². The highest BCUT2D eigenvalue weighted by molar-refractivity contribution is 6.09. The van der Waals surface area contributed by atoms with Crippen molar-refractivity contribution in [3.8, 4) is 46.8 Å². The van der Waals surface area contributed by atoms with Gasteiger partial charge in [-0.05, 0) is 101 Å². The smallest absolute Gasteiger partial charge is 0.189 e. The number of aromatic hydroxyl groups is 6. The van der Waals surface area contributed by atoms with Crippen LogP contribution in [0.2, 0.25) is 0 Å². The molecule has 0 saturated carbocycles. The predicted octanol–water partition coefficient (Wildman–Crippen LogP) is 7.90. The summed E-state index contributed by atoms with van der Waals surface area (Å²) < 4.78 is 0. The maximum absolute atomic E-state index is 14.7. The zero-order valence-electron chi connectivity index (χ0n) is 28.2. The fraction of sp³-hybridized carbons (Fsp3) is 0.220. The van der Waals surface area contributed by atoms with E-state index < -0.39 is 46.6 Å². The summed E-state index contributed by atoms with van der Waals surface area (Å²) in [6.45, 7) is 6.97. The van der Waals surface area contributed by atoms with E-state index in [9.17, 15) is 45.3 Å². The van der Waals surface area contributed by atoms with Crippen molar-refractivity contribution in [3.05, 3.63) is 123 Å². The normalized spacial score (nSPS) is 18.0. The average molecular weight is 677 g/mol. The molecule has 0 radical (unpaired) electrons. The molecule has 3 unspecified atom stereocenters. The van der Waals surface area contributed by atoms with Gasteiger partial charge in [-0.2, -0.15) is 0 Å². The summed E-state index contributed by atoms with van der Waals surface area (Å²) in [6, 6.07) is 8.92. The molecule has 0 fully saturated rings. The molecule has 0 aromatic heterocycles. The van der Waals surface area contributed by atoms with Gasteiger partial charge in [0.1, 0.15) is 34.5 Å². The van der Waals surface area contributed by atoms with E-state index in [1.165, 1.54) is 61.5 Å². The fourth-order valence-corrected chi connectivity index (χ4v) is 6.17. The van der Waals surface area contributed by atoms with Crippen LogP contribution in [0.3, 0.4) is 0 Å². The van der Waals surface area contributed by atoms with Crippen LogP contribution in [0.4, 0.5) is 0 Å². The predicted molar refractivity (Wildman–Crippen MR) is 192 cm³/mol. The number of Topliss-reactive ketones (excluding diaryl/α,β-unsaturated/α-hetero) is 1. The number of phenolic OH excluding ortho intramolecular Hbond substituents is 6. The molecule has 0 heterocycles. The van der Waals surface area contributed by atoms with Crippen molar-refractivity contribution in [2.75, 3.05) is 0 Å². The van der Waals surface area contributed by atoms with Gasteiger partial charge in [-0.15, -0.1) is 6.42 Å². The van der Waals surface area contributed by atoms with Crippen LogP contribution in [0.5, 0.6) is 34.5 Å². The van der Waals surface area contributed by atoms with Crippen LogP contribution in [0.15, 0.2) is 95.3 Å². The number of aliphatic hydroxyl groups is 1. The second-order valence-corrected chi connectivity index (χ2v) is 12.6. The molecule has 0 bridgehead atoms. The number of hydrogen-bond acceptors (Lipinski definition) is 9. The van der Waals surface area contributed by atoms with Crippen LogP contribution in [0.25, 0.3) is 6.08 Å². The van der Waals surface area contributed by atoms with Crippen LogP contribution in [-0.2, 0) is 6.42 Å². The minimum atomic E-state index is -1.15. The number of benzene rings is 3. The van der Waals surface area contributed by atoms with Crippen LogP contribution in [-0.4, -0.2) is 47.3 Å². The number of carbonyl (C=O) groups excluding carboxylic acids is 2. The van der Waals surface area contributed by atoms with Crippen molar-refractivity contribution in [1.29, 1.82) is 0 Å². The second-order valence-electron chi connectivity index (χ2n) is 12.6. The second kappa shape index (κ2) is 15.4. The molecule has 0 saturated heterocycles. The average Bonchev–Trinajstić information content (AvgIpc) is 3.04. The first-order valence-electron chi connectivity index (χ1n) is 15.9. The zero-order chi connectivity index (χ0) is 36.9. The van der Waals surface area contributed by atoms with Gasteiger partial charge in [0.25, 0.3) is 0 Å². The van der Waals surface area contributed by atoms with Crippen LogP contribution < -0.4 is 0 Å². The first kappa shape index (κ1) is 36.7. The Balaban J connectivity index is 1.92. The third kappa shape index (κ3) is 7.93. The number of rotatable bonds is 10. The first-order chi connectivity index (χ1) is 23.6. The molecule has 0 amide bonds. The Hall–Kier alpha value is -6.14. The Bertz CT molecular complexity index is 2030. The lowest BCUT2D eigenvalue weighted by atomic mass is 9.65. The summed E-state index contributed by atoms with van der Waals surface area (Å²) in [5.74, 6) is -3.70. The van der Waals surface area contributed by atoms with Gasteiger partial charge in [0.15, 0.2) is 11.6 Å². The van der Waals surface area contributed by atoms with Crippen LogP contribution in [0, 0.1) is 24.2 Å². The van der Waals surface area contributed by atoms with E-state index in [-0.39, 0.29) is 63.7 Å². The summed E-state index contributed by atoms with van der Waals surface area (Å²) in [4.78, 5) is 28.1. The summed E-state index contributed by atoms with van der Waals surface area (Å²) in [6.07, 6.45) is 15.2. The van der Waals surface area contributed by atoms with E-state index in [0.717, 1.165) is 23.3 Å². The number of ketones is 2. The van der Waals surface area contributed by atoms with Crippen LogP contribution >= 0.6 is 0 Å². The lowest BCUT2D eigenvalue weighted by Crippen LogP contribution is -2.34. The van der Waals surface area contributed by atoms with E-state index in [1.54, 1.807) is 19.1 Å². The Labute approximate surface area is 290 Å². The highest BCUT2D eigenvalue weighted by atomic mass is 16.3. The highest BCUT2D eigenvalue weighted by Gasteiger charge is 2.43. The van der Waals surface area contributed by atoms with Gasteiger partial charge < -0.3 is 35.7 Å². The summed E-state index contributed by atoms with van der Waals surface area (Å²) in [5, 5.41) is 74.4. The SMILES string of the molecule is C#C/C(=C\C=C(/C)O)C1CC(C)=CC(c2c(O)ccc(C(=O)/C=C/c3ccc(O)cc3O)c2O)C1C(=O)c1ccc(O)c(CC=C(C)C)c1O. The fourth-order valence-electron chi connectivity index (χ4n) is 6.17. The topological polar surface area (TPSA) is 176 Å². The lowest BCUT2D eigenvalue weighted by molar-refractivity contribution is 0.0862. The van der Waals surface area contributed by atoms with E-state index in [1.807, 2.05) is 13.8 Å². The molecule has 3 aromatic rings. The number of aliphatic hydroxyl groups excluding tert-OH is 1. The summed E-state index contributed by atoms with van der Waals surface area (Å²) >= 11 is 0. The van der Waals surface area contributed by atoms with Gasteiger partial charge in [0.05, 0.1) is 16.9 Å². The van der Waals surface area contributed by atoms with Gasteiger partial charge in [0.2, 0.25) is 0 Å². The summed E-state index contributed by atoms with van der Waals surface area (Å²) in [5.41, 5.74) is 1.96. The largest absolute Gasteiger partial charge is 0.513 e. The van der Waals surface area contributed by atoms with Crippen molar-refractivity contribution in [2.45, 2.75) is 46.5 Å². The maximum atomic E-state index is 14.7. The molecule has 50 heavy (non-hydrogen) atoms. The van der Waals surface area contributed by atoms with Crippen molar-refractivity contribution in [3.63, 3.8) is 0 Å². The monoisotopic (exact) mass is 676 g/mol. The number of allylic oxidation sites excluding steroid dienone is 9. The van der Waals surface area contributed by atoms with Gasteiger partial charge in [0, 0.05) is 46.1 Å². The molecule has 4 rings (SSSR count). The third-order valence-electron chi connectivity index (χ3n) is 8.66. The number of terminal acetylenes is 1. The molecule has 9 nitrogen and oxygen atoms in total. The van der Waals surface area contributed by atoms with Gasteiger partial charge in [-0.3, -0.25) is 9.59 Å². The van der Waals surface area contributed by atoms with Crippen molar-refractivity contribution in [2.24, 2.45) is 11.8 Å². The van der Waals surface area contributed by atoms with Crippen molar-refractivity contribution < 1.29 is 45.3 Å². The standard InChI is InChI=1S/C41H40O9/c1-6-25(9-8-24(5)42)31-19-23(4)20-32(37(31)41(50)30-15-17-34(45)28(39(30)48)13-7-22(2)3)38-35(46)18-14-29(40(38)49)33(44)16-11-26-10-12-27(43)21-36(26)47/h1,7-12,14-18,20-21,31-32,37,42-43,45-49H,13,19H2,2-5H3/b16-11+,24-8+,25-9+. The third-order valence-corrected chi connectivity index (χ3v) is 8.66. The Kier molecular flexibility index (Phi) is 11.3.